The summed E-state index contributed by atoms with van der Waals surface area (Å²) < 4.78 is 6.51. The lowest BCUT2D eigenvalue weighted by Gasteiger charge is -2.09. The van der Waals surface area contributed by atoms with E-state index in [1.807, 2.05) is 12.1 Å². The van der Waals surface area contributed by atoms with E-state index in [0.29, 0.717) is 0 Å². The maximum atomic E-state index is 5.42. The van der Waals surface area contributed by atoms with Gasteiger partial charge in [-0.25, -0.2) is 0 Å². The van der Waals surface area contributed by atoms with Crippen LogP contribution in [0.4, 0.5) is 0 Å². The summed E-state index contributed by atoms with van der Waals surface area (Å²) >= 11 is 5.16. The first-order valence-electron chi connectivity index (χ1n) is 7.25. The molecule has 0 bridgehead atoms. The van der Waals surface area contributed by atoms with Gasteiger partial charge >= 0.3 is 0 Å². The van der Waals surface area contributed by atoms with Gasteiger partial charge in [-0.2, -0.15) is 4.98 Å². The SMILES string of the molecule is Brc1ccc(SCc2noc(C3CCCCCN3)n2)cc1. The quantitative estimate of drug-likeness (QED) is 0.814. The van der Waals surface area contributed by atoms with Gasteiger partial charge in [0.2, 0.25) is 5.89 Å². The van der Waals surface area contributed by atoms with Gasteiger partial charge in [0.15, 0.2) is 5.82 Å². The topological polar surface area (TPSA) is 51.0 Å². The number of hydrogen-bond acceptors (Lipinski definition) is 5. The van der Waals surface area contributed by atoms with Gasteiger partial charge in [0.05, 0.1) is 11.8 Å². The zero-order valence-electron chi connectivity index (χ0n) is 11.7. The van der Waals surface area contributed by atoms with Crippen LogP contribution >= 0.6 is 27.7 Å². The van der Waals surface area contributed by atoms with Gasteiger partial charge in [-0.15, -0.1) is 11.8 Å². The highest BCUT2D eigenvalue weighted by Gasteiger charge is 2.19. The average molecular weight is 368 g/mol. The molecule has 6 heteroatoms. The van der Waals surface area contributed by atoms with Crippen LogP contribution in [-0.4, -0.2) is 16.7 Å². The molecule has 0 radical (unpaired) electrons. The molecule has 3 rings (SSSR count). The number of nitrogens with zero attached hydrogens (tertiary/aromatic N) is 2. The highest BCUT2D eigenvalue weighted by atomic mass is 79.9. The van der Waals surface area contributed by atoms with Crippen LogP contribution in [0.25, 0.3) is 0 Å². The smallest absolute Gasteiger partial charge is 0.243 e. The Labute approximate surface area is 137 Å². The van der Waals surface area contributed by atoms with Crippen molar-refractivity contribution < 1.29 is 4.52 Å². The summed E-state index contributed by atoms with van der Waals surface area (Å²) in [5.74, 6) is 2.24. The molecule has 2 heterocycles. The summed E-state index contributed by atoms with van der Waals surface area (Å²) in [4.78, 5) is 5.74. The van der Waals surface area contributed by atoms with Crippen molar-refractivity contribution in [2.75, 3.05) is 6.54 Å². The first-order chi connectivity index (χ1) is 10.3. The maximum absolute atomic E-state index is 5.42. The van der Waals surface area contributed by atoms with Gasteiger partial charge in [0, 0.05) is 9.37 Å². The molecular weight excluding hydrogens is 350 g/mol. The molecule has 1 aromatic heterocycles. The molecule has 112 valence electrons. The number of hydrogen-bond donors (Lipinski definition) is 1. The van der Waals surface area contributed by atoms with Crippen LogP contribution in [0.2, 0.25) is 0 Å². The molecule has 1 aliphatic rings. The Balaban J connectivity index is 1.58. The van der Waals surface area contributed by atoms with E-state index in [2.05, 4.69) is 43.5 Å². The van der Waals surface area contributed by atoms with E-state index in [4.69, 9.17) is 4.52 Å². The molecule has 1 atom stereocenters. The Morgan fingerprint density at radius 2 is 2.10 bits per heavy atom. The molecule has 0 spiro atoms. The minimum atomic E-state index is 0.228. The molecule has 2 aromatic rings. The van der Waals surface area contributed by atoms with Crippen LogP contribution in [0, 0.1) is 0 Å². The third-order valence-corrected chi connectivity index (χ3v) is 5.06. The van der Waals surface area contributed by atoms with Gasteiger partial charge in [0.25, 0.3) is 0 Å². The van der Waals surface area contributed by atoms with Crippen molar-refractivity contribution in [1.29, 1.82) is 0 Å². The second-order valence-electron chi connectivity index (χ2n) is 5.15. The number of thioether (sulfide) groups is 1. The standard InChI is InChI=1S/C15H18BrN3OS/c16-11-5-7-12(8-6-11)21-10-14-18-15(20-19-14)13-4-2-1-3-9-17-13/h5-8,13,17H,1-4,9-10H2. The highest BCUT2D eigenvalue weighted by molar-refractivity contribution is 9.10. The molecule has 0 saturated carbocycles. The molecule has 1 aliphatic heterocycles. The van der Waals surface area contributed by atoms with E-state index in [0.717, 1.165) is 34.9 Å². The molecule has 21 heavy (non-hydrogen) atoms. The summed E-state index contributed by atoms with van der Waals surface area (Å²) in [6.45, 7) is 1.04. The molecule has 4 nitrogen and oxygen atoms in total. The highest BCUT2D eigenvalue weighted by Crippen LogP contribution is 2.25. The van der Waals surface area contributed by atoms with Crippen molar-refractivity contribution in [2.45, 2.75) is 42.4 Å². The molecule has 0 aliphatic carbocycles. The molecule has 1 fully saturated rings. The first kappa shape index (κ1) is 15.1. The Morgan fingerprint density at radius 1 is 1.24 bits per heavy atom. The fraction of sp³-hybridized carbons (Fsp3) is 0.467. The van der Waals surface area contributed by atoms with Crippen LogP contribution in [-0.2, 0) is 5.75 Å². The summed E-state index contributed by atoms with van der Waals surface area (Å²) in [6.07, 6.45) is 4.82. The lowest BCUT2D eigenvalue weighted by molar-refractivity contribution is 0.325. The lowest BCUT2D eigenvalue weighted by atomic mass is 10.1. The Hall–Kier alpha value is -0.850. The van der Waals surface area contributed by atoms with Crippen molar-refractivity contribution in [3.63, 3.8) is 0 Å². The minimum Gasteiger partial charge on any atom is -0.338 e. The monoisotopic (exact) mass is 367 g/mol. The molecule has 1 unspecified atom stereocenters. The number of aromatic nitrogens is 2. The van der Waals surface area contributed by atoms with Crippen LogP contribution in [0.1, 0.15) is 43.4 Å². The first-order valence-corrected chi connectivity index (χ1v) is 9.03. The van der Waals surface area contributed by atoms with Crippen molar-refractivity contribution in [3.05, 3.63) is 40.5 Å². The molecular formula is C15H18BrN3OS. The molecule has 1 aromatic carbocycles. The predicted molar refractivity (Wildman–Crippen MR) is 87.2 cm³/mol. The summed E-state index contributed by atoms with van der Waals surface area (Å²) in [6, 6.07) is 8.48. The van der Waals surface area contributed by atoms with Crippen LogP contribution in [0.5, 0.6) is 0 Å². The van der Waals surface area contributed by atoms with E-state index < -0.39 is 0 Å². The summed E-state index contributed by atoms with van der Waals surface area (Å²) in [5.41, 5.74) is 0. The van der Waals surface area contributed by atoms with E-state index in [-0.39, 0.29) is 6.04 Å². The fourth-order valence-electron chi connectivity index (χ4n) is 2.39. The van der Waals surface area contributed by atoms with Crippen LogP contribution in [0.3, 0.4) is 0 Å². The summed E-state index contributed by atoms with van der Waals surface area (Å²) in [7, 11) is 0. The minimum absolute atomic E-state index is 0.228. The summed E-state index contributed by atoms with van der Waals surface area (Å²) in [5, 5.41) is 7.58. The molecule has 0 amide bonds. The average Bonchev–Trinajstić information content (AvgIpc) is 2.80. The van der Waals surface area contributed by atoms with Crippen molar-refractivity contribution in [1.82, 2.24) is 15.5 Å². The normalized spacial score (nSPS) is 19.4. The second kappa shape index (κ2) is 7.42. The van der Waals surface area contributed by atoms with Crippen LogP contribution < -0.4 is 5.32 Å². The van der Waals surface area contributed by atoms with Gasteiger partial charge in [-0.3, -0.25) is 0 Å². The number of halogens is 1. The fourth-order valence-corrected chi connectivity index (χ4v) is 3.39. The van der Waals surface area contributed by atoms with Gasteiger partial charge in [0.1, 0.15) is 0 Å². The van der Waals surface area contributed by atoms with E-state index >= 15 is 0 Å². The largest absolute Gasteiger partial charge is 0.338 e. The number of rotatable bonds is 4. The zero-order chi connectivity index (χ0) is 14.5. The Bertz CT molecular complexity index is 565. The lowest BCUT2D eigenvalue weighted by Crippen LogP contribution is -2.20. The van der Waals surface area contributed by atoms with Gasteiger partial charge in [-0.1, -0.05) is 33.9 Å². The Morgan fingerprint density at radius 3 is 2.95 bits per heavy atom. The van der Waals surface area contributed by atoms with Gasteiger partial charge < -0.3 is 9.84 Å². The number of benzene rings is 1. The van der Waals surface area contributed by atoms with E-state index in [1.165, 1.54) is 24.2 Å². The maximum Gasteiger partial charge on any atom is 0.243 e. The van der Waals surface area contributed by atoms with Crippen molar-refractivity contribution in [3.8, 4) is 0 Å². The van der Waals surface area contributed by atoms with Gasteiger partial charge in [-0.05, 0) is 43.7 Å². The number of nitrogens with one attached hydrogen (secondary N) is 1. The predicted octanol–water partition coefficient (Wildman–Crippen LogP) is 4.33. The molecule has 1 N–H and O–H groups in total. The third-order valence-electron chi connectivity index (χ3n) is 3.52. The van der Waals surface area contributed by atoms with Crippen molar-refractivity contribution >= 4 is 27.7 Å². The second-order valence-corrected chi connectivity index (χ2v) is 7.11. The van der Waals surface area contributed by atoms with E-state index in [1.54, 1.807) is 11.8 Å². The Kier molecular flexibility index (Phi) is 5.32. The van der Waals surface area contributed by atoms with E-state index in [9.17, 15) is 0 Å². The van der Waals surface area contributed by atoms with Crippen molar-refractivity contribution in [2.24, 2.45) is 0 Å². The third kappa shape index (κ3) is 4.31. The van der Waals surface area contributed by atoms with Crippen LogP contribution in [0.15, 0.2) is 38.2 Å². The zero-order valence-corrected chi connectivity index (χ0v) is 14.1. The molecule has 1 saturated heterocycles.